The minimum Gasteiger partial charge on any atom is -0.395 e. The van der Waals surface area contributed by atoms with Gasteiger partial charge in [0.15, 0.2) is 0 Å². The van der Waals surface area contributed by atoms with Crippen LogP contribution >= 0.6 is 0 Å². The zero-order valence-corrected chi connectivity index (χ0v) is 13.4. The average molecular weight is 310 g/mol. The number of hydrogen-bond donors (Lipinski definition) is 2. The molecule has 3 aliphatic rings. The molecule has 2 atom stereocenters. The van der Waals surface area contributed by atoms with Gasteiger partial charge in [-0.15, -0.1) is 0 Å². The molecule has 1 aromatic heterocycles. The van der Waals surface area contributed by atoms with E-state index in [-0.39, 0.29) is 6.61 Å². The molecule has 5 nitrogen and oxygen atoms in total. The Hall–Kier alpha value is -2.14. The number of piperidine rings is 1. The van der Waals surface area contributed by atoms with Crippen LogP contribution in [0.5, 0.6) is 0 Å². The highest BCUT2D eigenvalue weighted by Crippen LogP contribution is 2.47. The summed E-state index contributed by atoms with van der Waals surface area (Å²) in [5, 5.41) is 12.1. The van der Waals surface area contributed by atoms with Crippen LogP contribution in [0.1, 0.15) is 41.8 Å². The van der Waals surface area contributed by atoms with Crippen molar-refractivity contribution in [3.8, 4) is 0 Å². The van der Waals surface area contributed by atoms with E-state index in [9.17, 15) is 0 Å². The summed E-state index contributed by atoms with van der Waals surface area (Å²) in [4.78, 5) is 11.5. The summed E-state index contributed by atoms with van der Waals surface area (Å²) in [6, 6.07) is 11.2. The minimum atomic E-state index is 0.0974. The maximum absolute atomic E-state index is 8.99. The average Bonchev–Trinajstić information content (AvgIpc) is 2.60. The van der Waals surface area contributed by atoms with E-state index in [1.165, 1.54) is 24.0 Å². The number of nitrogens with one attached hydrogen (secondary N) is 1. The van der Waals surface area contributed by atoms with Crippen LogP contribution in [0.3, 0.4) is 0 Å². The predicted molar refractivity (Wildman–Crippen MR) is 90.8 cm³/mol. The lowest BCUT2D eigenvalue weighted by molar-refractivity contribution is 0.311. The van der Waals surface area contributed by atoms with E-state index in [0.717, 1.165) is 24.0 Å². The molecular weight excluding hydrogens is 288 g/mol. The summed E-state index contributed by atoms with van der Waals surface area (Å²) in [7, 11) is 0. The van der Waals surface area contributed by atoms with Crippen LogP contribution in [-0.2, 0) is 0 Å². The van der Waals surface area contributed by atoms with Gasteiger partial charge in [-0.1, -0.05) is 24.3 Å². The van der Waals surface area contributed by atoms with Crippen molar-refractivity contribution in [3.63, 3.8) is 0 Å². The smallest absolute Gasteiger partial charge is 0.134 e. The molecule has 2 N–H and O–H groups in total. The molecule has 0 spiro atoms. The SMILES string of the molecule is Cc1nc(NCCO)cc(N2C[C@H]3CC[C@H]2c2ccccc23)n1. The zero-order chi connectivity index (χ0) is 15.8. The van der Waals surface area contributed by atoms with Gasteiger partial charge < -0.3 is 15.3 Å². The first-order chi connectivity index (χ1) is 11.3. The van der Waals surface area contributed by atoms with E-state index < -0.39 is 0 Å². The van der Waals surface area contributed by atoms with Gasteiger partial charge in [0.2, 0.25) is 0 Å². The van der Waals surface area contributed by atoms with Crippen molar-refractivity contribution in [2.75, 3.05) is 29.9 Å². The number of fused-ring (bicyclic) bond motifs is 2. The molecule has 3 heterocycles. The van der Waals surface area contributed by atoms with E-state index in [1.54, 1.807) is 0 Å². The number of benzene rings is 1. The van der Waals surface area contributed by atoms with E-state index in [0.29, 0.717) is 18.5 Å². The molecule has 0 saturated carbocycles. The summed E-state index contributed by atoms with van der Waals surface area (Å²) >= 11 is 0. The highest BCUT2D eigenvalue weighted by atomic mass is 16.3. The number of aromatic nitrogens is 2. The Morgan fingerprint density at radius 2 is 2.04 bits per heavy atom. The second-order valence-electron chi connectivity index (χ2n) is 6.38. The Morgan fingerprint density at radius 1 is 1.22 bits per heavy atom. The molecule has 120 valence electrons. The van der Waals surface area contributed by atoms with Crippen LogP contribution in [0.2, 0.25) is 0 Å². The van der Waals surface area contributed by atoms with Gasteiger partial charge >= 0.3 is 0 Å². The predicted octanol–water partition coefficient (Wildman–Crippen LogP) is 2.63. The summed E-state index contributed by atoms with van der Waals surface area (Å²) in [6.45, 7) is 3.55. The fourth-order valence-corrected chi connectivity index (χ4v) is 3.96. The van der Waals surface area contributed by atoms with E-state index >= 15 is 0 Å². The first-order valence-electron chi connectivity index (χ1n) is 8.32. The minimum absolute atomic E-state index is 0.0974. The third kappa shape index (κ3) is 2.55. The number of nitrogens with zero attached hydrogens (tertiary/aromatic N) is 3. The summed E-state index contributed by atoms with van der Waals surface area (Å²) < 4.78 is 0. The molecule has 1 aromatic carbocycles. The van der Waals surface area contributed by atoms with Gasteiger partial charge in [-0.05, 0) is 30.9 Å². The largest absolute Gasteiger partial charge is 0.395 e. The number of rotatable bonds is 4. The van der Waals surface area contributed by atoms with E-state index in [1.807, 2.05) is 13.0 Å². The highest BCUT2D eigenvalue weighted by Gasteiger charge is 2.38. The van der Waals surface area contributed by atoms with Crippen LogP contribution < -0.4 is 10.2 Å². The Bertz CT molecular complexity index is 718. The lowest BCUT2D eigenvalue weighted by atomic mass is 9.75. The van der Waals surface area contributed by atoms with Crippen molar-refractivity contribution in [2.45, 2.75) is 31.7 Å². The third-order valence-electron chi connectivity index (χ3n) is 4.91. The van der Waals surface area contributed by atoms with Crippen molar-refractivity contribution in [3.05, 3.63) is 47.3 Å². The maximum Gasteiger partial charge on any atom is 0.134 e. The van der Waals surface area contributed by atoms with Crippen molar-refractivity contribution >= 4 is 11.6 Å². The lowest BCUT2D eigenvalue weighted by Gasteiger charge is -2.47. The standard InChI is InChI=1S/C18H22N4O/c1-12-20-17(19-8-9-23)10-18(21-12)22-11-13-6-7-16(22)15-5-3-2-4-14(13)15/h2-5,10,13,16,23H,6-9,11H2,1H3,(H,19,20,21)/t13-,16+/m1/s1. The third-order valence-corrected chi connectivity index (χ3v) is 4.91. The second kappa shape index (κ2) is 5.81. The molecule has 2 aliphatic heterocycles. The Morgan fingerprint density at radius 3 is 2.87 bits per heavy atom. The number of aliphatic hydroxyl groups excluding tert-OH is 1. The molecule has 5 heteroatoms. The molecule has 0 unspecified atom stereocenters. The maximum atomic E-state index is 8.99. The van der Waals surface area contributed by atoms with E-state index in [4.69, 9.17) is 5.11 Å². The Labute approximate surface area is 136 Å². The first kappa shape index (κ1) is 14.5. The quantitative estimate of drug-likeness (QED) is 0.909. The van der Waals surface area contributed by atoms with Crippen molar-refractivity contribution in [1.82, 2.24) is 9.97 Å². The molecule has 2 aromatic rings. The molecular formula is C18H22N4O. The number of hydrogen-bond acceptors (Lipinski definition) is 5. The molecule has 1 saturated heterocycles. The van der Waals surface area contributed by atoms with Crippen molar-refractivity contribution in [1.29, 1.82) is 0 Å². The molecule has 23 heavy (non-hydrogen) atoms. The van der Waals surface area contributed by atoms with Crippen LogP contribution in [-0.4, -0.2) is 34.8 Å². The molecule has 5 rings (SSSR count). The Kier molecular flexibility index (Phi) is 3.65. The lowest BCUT2D eigenvalue weighted by Crippen LogP contribution is -2.43. The second-order valence-corrected chi connectivity index (χ2v) is 6.38. The molecule has 2 bridgehead atoms. The van der Waals surface area contributed by atoms with Gasteiger partial charge in [0, 0.05) is 25.1 Å². The Balaban J connectivity index is 1.68. The van der Waals surface area contributed by atoms with Crippen LogP contribution in [0, 0.1) is 6.92 Å². The van der Waals surface area contributed by atoms with Gasteiger partial charge in [0.05, 0.1) is 12.6 Å². The van der Waals surface area contributed by atoms with Gasteiger partial charge in [0.1, 0.15) is 17.5 Å². The monoisotopic (exact) mass is 310 g/mol. The van der Waals surface area contributed by atoms with Gasteiger partial charge in [-0.25, -0.2) is 9.97 Å². The topological polar surface area (TPSA) is 61.3 Å². The summed E-state index contributed by atoms with van der Waals surface area (Å²) in [6.07, 6.45) is 2.45. The molecule has 0 amide bonds. The van der Waals surface area contributed by atoms with Gasteiger partial charge in [0.25, 0.3) is 0 Å². The van der Waals surface area contributed by atoms with Crippen LogP contribution in [0.25, 0.3) is 0 Å². The fraction of sp³-hybridized carbons (Fsp3) is 0.444. The van der Waals surface area contributed by atoms with Crippen molar-refractivity contribution < 1.29 is 5.11 Å². The molecule has 0 radical (unpaired) electrons. The van der Waals surface area contributed by atoms with Crippen molar-refractivity contribution in [2.24, 2.45) is 0 Å². The van der Waals surface area contributed by atoms with Gasteiger partial charge in [-0.2, -0.15) is 0 Å². The summed E-state index contributed by atoms with van der Waals surface area (Å²) in [5.74, 6) is 3.14. The normalized spacial score (nSPS) is 22.1. The molecule has 1 aliphatic carbocycles. The van der Waals surface area contributed by atoms with Gasteiger partial charge in [-0.3, -0.25) is 0 Å². The van der Waals surface area contributed by atoms with Crippen LogP contribution in [0.15, 0.2) is 30.3 Å². The summed E-state index contributed by atoms with van der Waals surface area (Å²) in [5.41, 5.74) is 2.97. The number of aryl methyl sites for hydroxylation is 1. The number of anilines is 2. The zero-order valence-electron chi connectivity index (χ0n) is 13.4. The van der Waals surface area contributed by atoms with Crippen LogP contribution in [0.4, 0.5) is 11.6 Å². The fourth-order valence-electron chi connectivity index (χ4n) is 3.96. The first-order valence-corrected chi connectivity index (χ1v) is 8.32. The highest BCUT2D eigenvalue weighted by molar-refractivity contribution is 5.55. The molecule has 1 fully saturated rings. The van der Waals surface area contributed by atoms with E-state index in [2.05, 4.69) is 44.5 Å². The number of aliphatic hydroxyl groups is 1.